The number of nitrogens with zero attached hydrogens (tertiary/aromatic N) is 3. The van der Waals surface area contributed by atoms with Crippen molar-refractivity contribution in [3.63, 3.8) is 0 Å². The Kier molecular flexibility index (Phi) is 3.53. The van der Waals surface area contributed by atoms with Crippen molar-refractivity contribution in [3.8, 4) is 0 Å². The summed E-state index contributed by atoms with van der Waals surface area (Å²) in [5.74, 6) is 0. The van der Waals surface area contributed by atoms with Crippen molar-refractivity contribution in [1.82, 2.24) is 15.0 Å². The molecule has 0 bridgehead atoms. The summed E-state index contributed by atoms with van der Waals surface area (Å²) in [6.07, 6.45) is 7.01. The van der Waals surface area contributed by atoms with E-state index in [4.69, 9.17) is 18.0 Å². The summed E-state index contributed by atoms with van der Waals surface area (Å²) in [5, 5.41) is 8.36. The second kappa shape index (κ2) is 4.91. The molecular formula is C11H18N4S. The van der Waals surface area contributed by atoms with Crippen molar-refractivity contribution in [3.05, 3.63) is 11.4 Å². The molecule has 1 aliphatic carbocycles. The van der Waals surface area contributed by atoms with Crippen molar-refractivity contribution in [2.24, 2.45) is 5.73 Å². The maximum absolute atomic E-state index is 5.67. The number of rotatable bonds is 4. The number of aromatic nitrogens is 3. The van der Waals surface area contributed by atoms with Crippen LogP contribution in [0.15, 0.2) is 0 Å². The van der Waals surface area contributed by atoms with Gasteiger partial charge in [0.15, 0.2) is 0 Å². The molecule has 0 aliphatic heterocycles. The summed E-state index contributed by atoms with van der Waals surface area (Å²) >= 11 is 5.01. The summed E-state index contributed by atoms with van der Waals surface area (Å²) < 4.78 is 2.06. The molecule has 0 radical (unpaired) electrons. The number of thiocarbonyl (C=S) groups is 1. The zero-order valence-corrected chi connectivity index (χ0v) is 10.5. The van der Waals surface area contributed by atoms with Gasteiger partial charge in [-0.2, -0.15) is 0 Å². The van der Waals surface area contributed by atoms with Gasteiger partial charge in [-0.3, -0.25) is 0 Å². The predicted octanol–water partition coefficient (Wildman–Crippen LogP) is 1.98. The first-order chi connectivity index (χ1) is 7.74. The molecule has 0 spiro atoms. The van der Waals surface area contributed by atoms with Gasteiger partial charge >= 0.3 is 0 Å². The van der Waals surface area contributed by atoms with Gasteiger partial charge in [0.25, 0.3) is 0 Å². The zero-order valence-electron chi connectivity index (χ0n) is 9.65. The van der Waals surface area contributed by atoms with E-state index in [0.717, 1.165) is 24.2 Å². The molecule has 2 rings (SSSR count). The fraction of sp³-hybridized carbons (Fsp3) is 0.727. The Morgan fingerprint density at radius 1 is 1.50 bits per heavy atom. The van der Waals surface area contributed by atoms with Crippen LogP contribution in [0.4, 0.5) is 0 Å². The highest BCUT2D eigenvalue weighted by molar-refractivity contribution is 7.80. The molecule has 1 saturated carbocycles. The zero-order chi connectivity index (χ0) is 11.5. The van der Waals surface area contributed by atoms with E-state index < -0.39 is 0 Å². The molecule has 0 amide bonds. The molecule has 1 aliphatic rings. The molecule has 1 aromatic heterocycles. The van der Waals surface area contributed by atoms with Crippen LogP contribution >= 0.6 is 12.2 Å². The minimum atomic E-state index is 0.368. The lowest BCUT2D eigenvalue weighted by Crippen LogP contribution is -2.15. The summed E-state index contributed by atoms with van der Waals surface area (Å²) in [5.41, 5.74) is 7.52. The molecular weight excluding hydrogens is 220 g/mol. The van der Waals surface area contributed by atoms with Crippen LogP contribution in [0.3, 0.4) is 0 Å². The third kappa shape index (κ3) is 2.09. The Labute approximate surface area is 101 Å². The van der Waals surface area contributed by atoms with E-state index in [1.165, 1.54) is 25.7 Å². The minimum absolute atomic E-state index is 0.368. The molecule has 0 aromatic carbocycles. The van der Waals surface area contributed by atoms with Gasteiger partial charge in [-0.1, -0.05) is 43.6 Å². The summed E-state index contributed by atoms with van der Waals surface area (Å²) in [6, 6.07) is 0.511. The largest absolute Gasteiger partial charge is 0.388 e. The van der Waals surface area contributed by atoms with Gasteiger partial charge in [-0.15, -0.1) is 5.10 Å². The summed E-state index contributed by atoms with van der Waals surface area (Å²) in [6.45, 7) is 2.15. The van der Waals surface area contributed by atoms with Crippen molar-refractivity contribution in [1.29, 1.82) is 0 Å². The lowest BCUT2D eigenvalue weighted by atomic mass is 10.1. The van der Waals surface area contributed by atoms with Crippen LogP contribution < -0.4 is 5.73 Å². The van der Waals surface area contributed by atoms with E-state index in [9.17, 15) is 0 Å². The molecule has 0 saturated heterocycles. The van der Waals surface area contributed by atoms with E-state index in [-0.39, 0.29) is 0 Å². The lowest BCUT2D eigenvalue weighted by molar-refractivity contribution is 0.437. The highest BCUT2D eigenvalue weighted by Gasteiger charge is 2.23. The molecule has 4 nitrogen and oxygen atoms in total. The standard InChI is InChI=1S/C11H18N4S/c1-2-5-9-10(11(12)16)13-14-15(9)8-6-3-4-7-8/h8H,2-7H2,1H3,(H2,12,16). The normalized spacial score (nSPS) is 16.8. The van der Waals surface area contributed by atoms with E-state index in [1.807, 2.05) is 0 Å². The maximum atomic E-state index is 5.67. The Balaban J connectivity index is 2.32. The molecule has 16 heavy (non-hydrogen) atoms. The molecule has 0 atom stereocenters. The van der Waals surface area contributed by atoms with Crippen molar-refractivity contribution < 1.29 is 0 Å². The Hall–Kier alpha value is -0.970. The number of hydrogen-bond acceptors (Lipinski definition) is 3. The minimum Gasteiger partial charge on any atom is -0.388 e. The molecule has 1 heterocycles. The van der Waals surface area contributed by atoms with Gasteiger partial charge in [-0.05, 0) is 19.3 Å². The molecule has 1 fully saturated rings. The second-order valence-corrected chi connectivity index (χ2v) is 4.82. The van der Waals surface area contributed by atoms with Crippen molar-refractivity contribution in [2.45, 2.75) is 51.5 Å². The predicted molar refractivity (Wildman–Crippen MR) is 67.4 cm³/mol. The SMILES string of the molecule is CCCc1c(C(N)=S)nnn1C1CCCC1. The van der Waals surface area contributed by atoms with Gasteiger partial charge in [0.05, 0.1) is 11.7 Å². The van der Waals surface area contributed by atoms with Crippen LogP contribution in [0.2, 0.25) is 0 Å². The van der Waals surface area contributed by atoms with Crippen LogP contribution in [0.5, 0.6) is 0 Å². The van der Waals surface area contributed by atoms with E-state index in [1.54, 1.807) is 0 Å². The van der Waals surface area contributed by atoms with Crippen LogP contribution in [-0.4, -0.2) is 20.0 Å². The van der Waals surface area contributed by atoms with Crippen LogP contribution in [0.25, 0.3) is 0 Å². The van der Waals surface area contributed by atoms with E-state index in [2.05, 4.69) is 21.9 Å². The average molecular weight is 238 g/mol. The molecule has 2 N–H and O–H groups in total. The quantitative estimate of drug-likeness (QED) is 0.815. The third-order valence-electron chi connectivity index (χ3n) is 3.18. The lowest BCUT2D eigenvalue weighted by Gasteiger charge is -2.13. The Morgan fingerprint density at radius 2 is 2.19 bits per heavy atom. The fourth-order valence-electron chi connectivity index (χ4n) is 2.42. The van der Waals surface area contributed by atoms with Gasteiger partial charge in [-0.25, -0.2) is 4.68 Å². The average Bonchev–Trinajstić information content (AvgIpc) is 2.84. The monoisotopic (exact) mass is 238 g/mol. The van der Waals surface area contributed by atoms with Crippen LogP contribution in [-0.2, 0) is 6.42 Å². The maximum Gasteiger partial charge on any atom is 0.143 e. The van der Waals surface area contributed by atoms with Crippen molar-refractivity contribution >= 4 is 17.2 Å². The van der Waals surface area contributed by atoms with Gasteiger partial charge in [0, 0.05) is 0 Å². The van der Waals surface area contributed by atoms with Gasteiger partial charge < -0.3 is 5.73 Å². The van der Waals surface area contributed by atoms with Crippen LogP contribution in [0, 0.1) is 0 Å². The Morgan fingerprint density at radius 3 is 2.75 bits per heavy atom. The van der Waals surface area contributed by atoms with Crippen LogP contribution in [0.1, 0.15) is 56.5 Å². The fourth-order valence-corrected chi connectivity index (χ4v) is 2.58. The molecule has 1 aromatic rings. The number of nitrogens with two attached hydrogens (primary N) is 1. The van der Waals surface area contributed by atoms with E-state index in [0.29, 0.717) is 11.0 Å². The highest BCUT2D eigenvalue weighted by Crippen LogP contribution is 2.30. The molecule has 88 valence electrons. The first-order valence-electron chi connectivity index (χ1n) is 5.98. The van der Waals surface area contributed by atoms with Gasteiger partial charge in [0.1, 0.15) is 10.7 Å². The van der Waals surface area contributed by atoms with Gasteiger partial charge in [0.2, 0.25) is 0 Å². The third-order valence-corrected chi connectivity index (χ3v) is 3.38. The number of hydrogen-bond donors (Lipinski definition) is 1. The topological polar surface area (TPSA) is 56.7 Å². The molecule has 0 unspecified atom stereocenters. The summed E-state index contributed by atoms with van der Waals surface area (Å²) in [7, 11) is 0. The Bertz CT molecular complexity index is 379. The first kappa shape index (κ1) is 11.5. The smallest absolute Gasteiger partial charge is 0.143 e. The first-order valence-corrected chi connectivity index (χ1v) is 6.38. The molecule has 5 heteroatoms. The second-order valence-electron chi connectivity index (χ2n) is 4.38. The highest BCUT2D eigenvalue weighted by atomic mass is 32.1. The van der Waals surface area contributed by atoms with Crippen molar-refractivity contribution in [2.75, 3.05) is 0 Å². The summed E-state index contributed by atoms with van der Waals surface area (Å²) in [4.78, 5) is 0.368. The van der Waals surface area contributed by atoms with E-state index >= 15 is 0 Å².